The molecule has 2 aromatic rings. The molecule has 0 fully saturated rings. The molecule has 0 aliphatic carbocycles. The van der Waals surface area contributed by atoms with Crippen molar-refractivity contribution in [3.8, 4) is 5.75 Å². The molecule has 0 radical (unpaired) electrons. The second-order valence-electron chi connectivity index (χ2n) is 2.77. The van der Waals surface area contributed by atoms with Crippen LogP contribution in [0.2, 0.25) is 5.15 Å². The van der Waals surface area contributed by atoms with Crippen LogP contribution in [0.3, 0.4) is 0 Å². The summed E-state index contributed by atoms with van der Waals surface area (Å²) in [5.41, 5.74) is 0.926. The zero-order valence-corrected chi connectivity index (χ0v) is 8.17. The van der Waals surface area contributed by atoms with Gasteiger partial charge in [-0.05, 0) is 12.1 Å². The molecule has 0 unspecified atom stereocenters. The third-order valence-electron chi connectivity index (χ3n) is 2.00. The average Bonchev–Trinajstić information content (AvgIpc) is 2.43. The minimum Gasteiger partial charge on any atom is -0.494 e. The lowest BCUT2D eigenvalue weighted by atomic mass is 10.2. The molecular weight excluding hydrogens is 188 g/mol. The number of aromatic nitrogens is 2. The van der Waals surface area contributed by atoms with Crippen LogP contribution in [0.5, 0.6) is 5.75 Å². The van der Waals surface area contributed by atoms with Gasteiger partial charge >= 0.3 is 0 Å². The zero-order valence-electron chi connectivity index (χ0n) is 7.41. The largest absolute Gasteiger partial charge is 0.494 e. The summed E-state index contributed by atoms with van der Waals surface area (Å²) in [7, 11) is 3.48. The van der Waals surface area contributed by atoms with Gasteiger partial charge in [0.25, 0.3) is 0 Å². The third kappa shape index (κ3) is 1.16. The van der Waals surface area contributed by atoms with E-state index in [2.05, 4.69) is 5.10 Å². The van der Waals surface area contributed by atoms with Crippen LogP contribution in [0.25, 0.3) is 10.9 Å². The molecular formula is C9H9ClN2O. The van der Waals surface area contributed by atoms with Gasteiger partial charge in [-0.25, -0.2) is 0 Å². The van der Waals surface area contributed by atoms with Crippen LogP contribution in [-0.4, -0.2) is 16.9 Å². The fraction of sp³-hybridized carbons (Fsp3) is 0.222. The van der Waals surface area contributed by atoms with Crippen molar-refractivity contribution in [2.45, 2.75) is 0 Å². The van der Waals surface area contributed by atoms with Crippen LogP contribution in [0, 0.1) is 0 Å². The van der Waals surface area contributed by atoms with Crippen molar-refractivity contribution in [2.24, 2.45) is 7.05 Å². The van der Waals surface area contributed by atoms with E-state index in [0.29, 0.717) is 5.15 Å². The number of ether oxygens (including phenoxy) is 1. The number of fused-ring (bicyclic) bond motifs is 1. The van der Waals surface area contributed by atoms with Crippen molar-refractivity contribution in [1.82, 2.24) is 9.78 Å². The molecule has 0 saturated heterocycles. The quantitative estimate of drug-likeness (QED) is 0.700. The van der Waals surface area contributed by atoms with Gasteiger partial charge in [0.1, 0.15) is 11.3 Å². The van der Waals surface area contributed by atoms with E-state index in [1.165, 1.54) is 0 Å². The topological polar surface area (TPSA) is 27.1 Å². The third-order valence-corrected chi connectivity index (χ3v) is 2.28. The average molecular weight is 197 g/mol. The number of hydrogen-bond donors (Lipinski definition) is 0. The van der Waals surface area contributed by atoms with Crippen molar-refractivity contribution in [1.29, 1.82) is 0 Å². The highest BCUT2D eigenvalue weighted by Crippen LogP contribution is 2.29. The van der Waals surface area contributed by atoms with Crippen molar-refractivity contribution < 1.29 is 4.74 Å². The first-order valence-corrected chi connectivity index (χ1v) is 4.27. The van der Waals surface area contributed by atoms with E-state index in [1.54, 1.807) is 11.8 Å². The van der Waals surface area contributed by atoms with Crippen LogP contribution in [0.1, 0.15) is 0 Å². The van der Waals surface area contributed by atoms with Gasteiger partial charge in [0.2, 0.25) is 0 Å². The molecule has 68 valence electrons. The first-order chi connectivity index (χ1) is 6.24. The van der Waals surface area contributed by atoms with Gasteiger partial charge in [0, 0.05) is 12.4 Å². The van der Waals surface area contributed by atoms with Crippen molar-refractivity contribution in [3.63, 3.8) is 0 Å². The van der Waals surface area contributed by atoms with E-state index in [1.807, 2.05) is 25.2 Å². The number of nitrogens with zero attached hydrogens (tertiary/aromatic N) is 2. The van der Waals surface area contributed by atoms with Gasteiger partial charge in [-0.1, -0.05) is 17.7 Å². The summed E-state index contributed by atoms with van der Waals surface area (Å²) in [6, 6.07) is 5.71. The maximum Gasteiger partial charge on any atom is 0.159 e. The lowest BCUT2D eigenvalue weighted by Gasteiger charge is -2.01. The van der Waals surface area contributed by atoms with Crippen molar-refractivity contribution in [3.05, 3.63) is 23.4 Å². The Morgan fingerprint density at radius 1 is 1.46 bits per heavy atom. The normalized spacial score (nSPS) is 10.7. The van der Waals surface area contributed by atoms with E-state index in [0.717, 1.165) is 16.7 Å². The molecule has 0 spiro atoms. The molecule has 1 heterocycles. The molecule has 0 bridgehead atoms. The zero-order chi connectivity index (χ0) is 9.42. The first-order valence-electron chi connectivity index (χ1n) is 3.89. The molecule has 0 atom stereocenters. The van der Waals surface area contributed by atoms with E-state index in [-0.39, 0.29) is 0 Å². The van der Waals surface area contributed by atoms with Crippen LogP contribution in [0.4, 0.5) is 0 Å². The summed E-state index contributed by atoms with van der Waals surface area (Å²) < 4.78 is 6.92. The lowest BCUT2D eigenvalue weighted by molar-refractivity contribution is 0.417. The maximum absolute atomic E-state index is 5.92. The fourth-order valence-electron chi connectivity index (χ4n) is 1.42. The summed E-state index contributed by atoms with van der Waals surface area (Å²) in [5, 5.41) is 5.53. The Bertz CT molecular complexity index is 450. The summed E-state index contributed by atoms with van der Waals surface area (Å²) in [5.74, 6) is 0.791. The lowest BCUT2D eigenvalue weighted by Crippen LogP contribution is -1.92. The molecule has 4 heteroatoms. The van der Waals surface area contributed by atoms with Crippen LogP contribution in [-0.2, 0) is 7.05 Å². The minimum absolute atomic E-state index is 0.511. The van der Waals surface area contributed by atoms with E-state index in [4.69, 9.17) is 16.3 Å². The second kappa shape index (κ2) is 2.92. The van der Waals surface area contributed by atoms with Gasteiger partial charge in [-0.3, -0.25) is 4.68 Å². The maximum atomic E-state index is 5.92. The van der Waals surface area contributed by atoms with E-state index in [9.17, 15) is 0 Å². The SMILES string of the molecule is COc1cccc2c(Cl)nn(C)c12. The highest BCUT2D eigenvalue weighted by molar-refractivity contribution is 6.34. The Kier molecular flexibility index (Phi) is 1.88. The Morgan fingerprint density at radius 3 is 2.92 bits per heavy atom. The molecule has 0 saturated carbocycles. The first kappa shape index (κ1) is 8.38. The van der Waals surface area contributed by atoms with Crippen LogP contribution < -0.4 is 4.74 Å². The standard InChI is InChI=1S/C9H9ClN2O/c1-12-8-6(9(10)11-12)4-3-5-7(8)13-2/h3-5H,1-2H3. The van der Waals surface area contributed by atoms with E-state index >= 15 is 0 Å². The summed E-state index contributed by atoms with van der Waals surface area (Å²) >= 11 is 5.92. The van der Waals surface area contributed by atoms with Gasteiger partial charge in [-0.15, -0.1) is 0 Å². The number of rotatable bonds is 1. The van der Waals surface area contributed by atoms with Crippen molar-refractivity contribution in [2.75, 3.05) is 7.11 Å². The summed E-state index contributed by atoms with van der Waals surface area (Å²) in [6.07, 6.45) is 0. The fourth-order valence-corrected chi connectivity index (χ4v) is 1.69. The molecule has 0 aliphatic heterocycles. The van der Waals surface area contributed by atoms with Crippen molar-refractivity contribution >= 4 is 22.5 Å². The molecule has 0 amide bonds. The molecule has 1 aromatic carbocycles. The Hall–Kier alpha value is -1.22. The monoisotopic (exact) mass is 196 g/mol. The highest BCUT2D eigenvalue weighted by atomic mass is 35.5. The molecule has 13 heavy (non-hydrogen) atoms. The Morgan fingerprint density at radius 2 is 2.23 bits per heavy atom. The number of halogens is 1. The van der Waals surface area contributed by atoms with Gasteiger partial charge in [0.05, 0.1) is 7.11 Å². The molecule has 2 rings (SSSR count). The molecule has 0 N–H and O–H groups in total. The molecule has 0 aliphatic rings. The number of hydrogen-bond acceptors (Lipinski definition) is 2. The second-order valence-corrected chi connectivity index (χ2v) is 3.13. The number of benzene rings is 1. The molecule has 1 aromatic heterocycles. The summed E-state index contributed by atoms with van der Waals surface area (Å²) in [4.78, 5) is 0. The van der Waals surface area contributed by atoms with Crippen LogP contribution in [0.15, 0.2) is 18.2 Å². The van der Waals surface area contributed by atoms with Gasteiger partial charge in [-0.2, -0.15) is 5.10 Å². The Balaban J connectivity index is 2.88. The Labute approximate surface area is 80.9 Å². The van der Waals surface area contributed by atoms with Gasteiger partial charge in [0.15, 0.2) is 5.15 Å². The number of aryl methyl sites for hydroxylation is 1. The smallest absolute Gasteiger partial charge is 0.159 e. The number of para-hydroxylation sites is 1. The van der Waals surface area contributed by atoms with Crippen LogP contribution >= 0.6 is 11.6 Å². The predicted octanol–water partition coefficient (Wildman–Crippen LogP) is 2.24. The van der Waals surface area contributed by atoms with Gasteiger partial charge < -0.3 is 4.74 Å². The summed E-state index contributed by atoms with van der Waals surface area (Å²) in [6.45, 7) is 0. The van der Waals surface area contributed by atoms with E-state index < -0.39 is 0 Å². The predicted molar refractivity (Wildman–Crippen MR) is 52.3 cm³/mol. The highest BCUT2D eigenvalue weighted by Gasteiger charge is 2.09. The molecule has 3 nitrogen and oxygen atoms in total. The minimum atomic E-state index is 0.511. The number of methoxy groups -OCH3 is 1.